The number of urea groups is 1. The molecule has 10 aromatic rings. The van der Waals surface area contributed by atoms with Crippen LogP contribution in [-0.4, -0.2) is 19.5 Å². The molecule has 0 saturated carbocycles. The van der Waals surface area contributed by atoms with E-state index in [9.17, 15) is 0 Å². The summed E-state index contributed by atoms with van der Waals surface area (Å²) >= 11 is 0. The van der Waals surface area contributed by atoms with Crippen molar-refractivity contribution in [2.24, 2.45) is 0 Å². The van der Waals surface area contributed by atoms with Crippen LogP contribution in [0.3, 0.4) is 0 Å². The lowest BCUT2D eigenvalue weighted by Crippen LogP contribution is -2.65. The van der Waals surface area contributed by atoms with E-state index in [4.69, 9.17) is 8.83 Å². The topological polar surface area (TPSA) is 49.8 Å². The number of fused-ring (bicyclic) bond motifs is 4. The fourth-order valence-electron chi connectivity index (χ4n) is 12.4. The average molecular weight is 856 g/mol. The van der Waals surface area contributed by atoms with E-state index >= 15 is 22.4 Å². The van der Waals surface area contributed by atoms with Crippen LogP contribution in [0.5, 0.6) is 0 Å². The summed E-state index contributed by atoms with van der Waals surface area (Å²) in [5.41, 5.74) is 6.65. The Balaban J connectivity index is 1.21. The van der Waals surface area contributed by atoms with Crippen LogP contribution in [0, 0.1) is 23.3 Å². The van der Waals surface area contributed by atoms with E-state index in [1.807, 2.05) is 48.5 Å². The zero-order valence-corrected chi connectivity index (χ0v) is 35.5. The molecule has 8 aromatic carbocycles. The molecule has 8 bridgehead atoms. The Bertz CT molecular complexity index is 3610. The summed E-state index contributed by atoms with van der Waals surface area (Å²) in [7, 11) is 0. The van der Waals surface area contributed by atoms with Crippen molar-refractivity contribution in [1.29, 1.82) is 0 Å². The highest BCUT2D eigenvalue weighted by molar-refractivity contribution is 7.00. The lowest BCUT2D eigenvalue weighted by Gasteiger charge is -2.46. The Morgan fingerprint density at radius 1 is 0.492 bits per heavy atom. The quantitative estimate of drug-likeness (QED) is 0.129. The van der Waals surface area contributed by atoms with Gasteiger partial charge in [-0.2, -0.15) is 0 Å². The molecule has 4 aliphatic heterocycles. The van der Waals surface area contributed by atoms with Gasteiger partial charge in [0.05, 0.1) is 22.7 Å². The highest BCUT2D eigenvalue weighted by Gasteiger charge is 2.51. The van der Waals surface area contributed by atoms with E-state index in [-0.39, 0.29) is 21.8 Å². The number of carbonyl (C=O) groups excluding carboxylic acids is 1. The number of benzene rings is 8. The fourth-order valence-corrected chi connectivity index (χ4v) is 12.4. The summed E-state index contributed by atoms with van der Waals surface area (Å²) in [5, 5.41) is 4.43. The van der Waals surface area contributed by atoms with Gasteiger partial charge in [0.2, 0.25) is 0 Å². The molecular weight excluding hydrogens is 822 g/mol. The first-order chi connectivity index (χ1) is 31.3. The van der Waals surface area contributed by atoms with Crippen LogP contribution in [0.1, 0.15) is 45.2 Å². The van der Waals surface area contributed by atoms with Gasteiger partial charge in [-0.25, -0.2) is 22.4 Å². The average Bonchev–Trinajstić information content (AvgIpc) is 3.85. The zero-order valence-electron chi connectivity index (χ0n) is 35.5. The van der Waals surface area contributed by atoms with E-state index in [0.717, 1.165) is 39.1 Å². The maximum absolute atomic E-state index is 16.4. The van der Waals surface area contributed by atoms with Gasteiger partial charge < -0.3 is 8.83 Å². The monoisotopic (exact) mass is 856 g/mol. The van der Waals surface area contributed by atoms with Crippen molar-refractivity contribution in [3.05, 3.63) is 156 Å². The summed E-state index contributed by atoms with van der Waals surface area (Å²) < 4.78 is 79.6. The van der Waals surface area contributed by atoms with Gasteiger partial charge in [0, 0.05) is 37.9 Å². The number of hydrogen-bond acceptors (Lipinski definition) is 3. The second-order valence-electron chi connectivity index (χ2n) is 19.5. The predicted octanol–water partition coefficient (Wildman–Crippen LogP) is 10.2. The van der Waals surface area contributed by atoms with Crippen molar-refractivity contribution in [2.75, 3.05) is 9.80 Å². The normalized spacial score (nSPS) is 16.4. The third kappa shape index (κ3) is 4.58. The van der Waals surface area contributed by atoms with E-state index in [1.165, 1.54) is 36.4 Å². The predicted molar refractivity (Wildman–Crippen MR) is 254 cm³/mol. The van der Waals surface area contributed by atoms with Gasteiger partial charge in [0.25, 0.3) is 13.4 Å². The van der Waals surface area contributed by atoms with Crippen LogP contribution in [-0.2, 0) is 10.8 Å². The second kappa shape index (κ2) is 12.1. The summed E-state index contributed by atoms with van der Waals surface area (Å²) in [4.78, 5) is 19.6. The van der Waals surface area contributed by atoms with Gasteiger partial charge in [0.15, 0.2) is 11.2 Å². The van der Waals surface area contributed by atoms with E-state index in [2.05, 4.69) is 64.1 Å². The summed E-state index contributed by atoms with van der Waals surface area (Å²) in [5.74, 6) is -2.94. The molecule has 2 amide bonds. The summed E-state index contributed by atoms with van der Waals surface area (Å²) in [6.45, 7) is 6.86. The SMILES string of the molecule is CC1(C)CC(C)(C)c2ccc3c(c2)oc2c4c(ccc23)B(c2c(F)cccc2F)c2ccc3ccc5c6c3c2N4C(=O)N6c2c(ccc3c2oc2cc1ccc23)B5c1c(F)cccc1F. The van der Waals surface area contributed by atoms with Gasteiger partial charge in [0.1, 0.15) is 34.4 Å². The third-order valence-electron chi connectivity index (χ3n) is 15.0. The van der Waals surface area contributed by atoms with Crippen LogP contribution in [0.2, 0.25) is 0 Å². The first-order valence-electron chi connectivity index (χ1n) is 21.9. The number of nitrogens with zero attached hydrogens (tertiary/aromatic N) is 2. The molecule has 0 aliphatic carbocycles. The number of hydrogen-bond donors (Lipinski definition) is 0. The Labute approximate surface area is 370 Å². The highest BCUT2D eigenvalue weighted by Crippen LogP contribution is 2.52. The van der Waals surface area contributed by atoms with Crippen molar-refractivity contribution >= 4 is 130 Å². The lowest BCUT2D eigenvalue weighted by molar-refractivity contribution is 0.255. The minimum absolute atomic E-state index is 0.166. The number of furan rings is 2. The van der Waals surface area contributed by atoms with Crippen molar-refractivity contribution < 1.29 is 31.2 Å². The van der Waals surface area contributed by atoms with Crippen molar-refractivity contribution in [3.63, 3.8) is 0 Å². The first kappa shape index (κ1) is 37.1. The first-order valence-corrected chi connectivity index (χ1v) is 21.9. The van der Waals surface area contributed by atoms with E-state index < -0.39 is 42.7 Å². The number of amides is 2. The molecule has 5 nitrogen and oxygen atoms in total. The van der Waals surface area contributed by atoms with Crippen LogP contribution in [0.25, 0.3) is 54.6 Å². The van der Waals surface area contributed by atoms with Gasteiger partial charge in [-0.1, -0.05) is 113 Å². The molecule has 14 rings (SSSR count). The van der Waals surface area contributed by atoms with Gasteiger partial charge in [-0.05, 0) is 92.0 Å². The Kier molecular flexibility index (Phi) is 6.91. The molecule has 65 heavy (non-hydrogen) atoms. The second-order valence-corrected chi connectivity index (χ2v) is 19.5. The number of halogens is 4. The molecule has 6 heterocycles. The lowest BCUT2D eigenvalue weighted by atomic mass is 9.33. The molecule has 0 saturated heterocycles. The maximum Gasteiger partial charge on any atom is 0.338 e. The molecule has 2 aromatic heterocycles. The highest BCUT2D eigenvalue weighted by atomic mass is 19.1. The third-order valence-corrected chi connectivity index (χ3v) is 15.0. The van der Waals surface area contributed by atoms with Crippen LogP contribution in [0.15, 0.2) is 130 Å². The molecule has 0 fully saturated rings. The van der Waals surface area contributed by atoms with Crippen LogP contribution in [0.4, 0.5) is 45.1 Å². The Hall–Kier alpha value is -7.26. The molecular formula is C54H34B2F4N2O3. The Morgan fingerprint density at radius 3 is 1.31 bits per heavy atom. The molecule has 312 valence electrons. The van der Waals surface area contributed by atoms with Crippen molar-refractivity contribution in [2.45, 2.75) is 44.9 Å². The number of rotatable bonds is 2. The van der Waals surface area contributed by atoms with Gasteiger partial charge in [-0.15, -0.1) is 0 Å². The maximum atomic E-state index is 16.4. The molecule has 0 radical (unpaired) electrons. The van der Waals surface area contributed by atoms with Crippen LogP contribution >= 0.6 is 0 Å². The van der Waals surface area contributed by atoms with Gasteiger partial charge >= 0.3 is 6.03 Å². The van der Waals surface area contributed by atoms with Gasteiger partial charge in [-0.3, -0.25) is 9.80 Å². The summed E-state index contributed by atoms with van der Waals surface area (Å²) in [6.07, 6.45) is 0.760. The zero-order chi connectivity index (χ0) is 44.2. The number of anilines is 4. The molecule has 0 atom stereocenters. The largest absolute Gasteiger partial charge is 0.454 e. The smallest absolute Gasteiger partial charge is 0.338 e. The molecule has 4 aliphatic rings. The van der Waals surface area contributed by atoms with E-state index in [0.29, 0.717) is 77.7 Å². The standard InChI is InChI=1S/C54H34B2F4N2O3/c1-53(2)25-54(3,4)28-14-16-30-32-18-22-36-49(51(32)65-42(30)24-28)62-47-34(56(36)45-39(59)9-6-10-40(45)60)20-12-26-11-19-33-46(43(26)47)61(52(62)63)48-35(55(33)44-37(57)7-5-8-38(44)58)21-17-31-29-15-13-27(53)23-41(29)64-50(31)48/h5-24H,25H2,1-4H3. The van der Waals surface area contributed by atoms with Crippen molar-refractivity contribution in [1.82, 2.24) is 0 Å². The summed E-state index contributed by atoms with van der Waals surface area (Å²) in [6, 6.07) is 34.7. The molecule has 0 unspecified atom stereocenters. The molecule has 0 spiro atoms. The molecule has 11 heteroatoms. The fraction of sp³-hybridized carbons (Fsp3) is 0.130. The minimum Gasteiger partial charge on any atom is -0.454 e. The van der Waals surface area contributed by atoms with E-state index in [1.54, 1.807) is 9.80 Å². The minimum atomic E-state index is -1.02. The van der Waals surface area contributed by atoms with Crippen LogP contribution < -0.4 is 42.6 Å². The van der Waals surface area contributed by atoms with Crippen molar-refractivity contribution in [3.8, 4) is 0 Å². The number of carbonyl (C=O) groups is 1. The Morgan fingerprint density at radius 2 is 0.877 bits per heavy atom. The molecule has 0 N–H and O–H groups in total.